The molecule has 2 heteroatoms. The number of rotatable bonds is 2. The molecule has 0 atom stereocenters. The van der Waals surface area contributed by atoms with E-state index in [0.717, 1.165) is 33.4 Å². The van der Waals surface area contributed by atoms with Crippen LogP contribution < -0.4 is 0 Å². The molecule has 3 aromatic rings. The van der Waals surface area contributed by atoms with E-state index in [9.17, 15) is 4.39 Å². The lowest BCUT2D eigenvalue weighted by Gasteiger charge is -2.06. The van der Waals surface area contributed by atoms with E-state index in [1.807, 2.05) is 54.6 Å². The number of benzene rings is 3. The average molecular weight is 333 g/mol. The quantitative estimate of drug-likeness (QED) is 0.505. The van der Waals surface area contributed by atoms with Crippen LogP contribution in [0.1, 0.15) is 22.3 Å². The topological polar surface area (TPSA) is 0 Å². The van der Waals surface area contributed by atoms with Gasteiger partial charge < -0.3 is 0 Å². The van der Waals surface area contributed by atoms with Crippen molar-refractivity contribution in [3.63, 3.8) is 0 Å². The van der Waals surface area contributed by atoms with Crippen molar-refractivity contribution in [1.82, 2.24) is 0 Å². The summed E-state index contributed by atoms with van der Waals surface area (Å²) < 4.78 is 13.8. The molecule has 1 aliphatic rings. The number of fused-ring (bicyclic) bond motifs is 1. The highest BCUT2D eigenvalue weighted by atomic mass is 35.5. The largest absolute Gasteiger partial charge is 0.207 e. The molecule has 116 valence electrons. The predicted octanol–water partition coefficient (Wildman–Crippen LogP) is 6.47. The van der Waals surface area contributed by atoms with Gasteiger partial charge in [0.05, 0.1) is 0 Å². The molecule has 0 spiro atoms. The van der Waals surface area contributed by atoms with Gasteiger partial charge in [0.15, 0.2) is 0 Å². The van der Waals surface area contributed by atoms with Crippen molar-refractivity contribution < 1.29 is 4.39 Å². The van der Waals surface area contributed by atoms with Gasteiger partial charge >= 0.3 is 0 Å². The van der Waals surface area contributed by atoms with Crippen molar-refractivity contribution in [2.45, 2.75) is 0 Å². The highest BCUT2D eigenvalue weighted by Crippen LogP contribution is 2.40. The Balaban J connectivity index is 1.89. The molecule has 0 nitrogen and oxygen atoms in total. The van der Waals surface area contributed by atoms with E-state index in [2.05, 4.69) is 18.2 Å². The summed E-state index contributed by atoms with van der Waals surface area (Å²) in [7, 11) is 0. The number of hydrogen-bond donors (Lipinski definition) is 0. The van der Waals surface area contributed by atoms with Crippen LogP contribution in [0.3, 0.4) is 0 Å². The zero-order chi connectivity index (χ0) is 16.5. The van der Waals surface area contributed by atoms with Crippen molar-refractivity contribution in [2.24, 2.45) is 0 Å². The van der Waals surface area contributed by atoms with Crippen LogP contribution in [-0.2, 0) is 0 Å². The minimum absolute atomic E-state index is 0.228. The smallest absolute Gasteiger partial charge is 0.123 e. The summed E-state index contributed by atoms with van der Waals surface area (Å²) in [6.07, 6.45) is 4.15. The van der Waals surface area contributed by atoms with Gasteiger partial charge in [-0.3, -0.25) is 0 Å². The van der Waals surface area contributed by atoms with Crippen LogP contribution in [0.2, 0.25) is 5.02 Å². The Bertz CT molecular complexity index is 968. The van der Waals surface area contributed by atoms with Crippen molar-refractivity contribution in [3.8, 4) is 0 Å². The molecule has 0 fully saturated rings. The SMILES string of the molecule is Fc1ccc2c(c1)/C(=C/c1cccc(Cl)c1)C=C2c1ccccc1. The fourth-order valence-electron chi connectivity index (χ4n) is 3.05. The maximum atomic E-state index is 13.8. The zero-order valence-electron chi connectivity index (χ0n) is 12.8. The molecule has 4 rings (SSSR count). The van der Waals surface area contributed by atoms with Crippen molar-refractivity contribution in [1.29, 1.82) is 0 Å². The summed E-state index contributed by atoms with van der Waals surface area (Å²) in [5, 5.41) is 0.689. The predicted molar refractivity (Wildman–Crippen MR) is 99.2 cm³/mol. The Kier molecular flexibility index (Phi) is 3.79. The minimum atomic E-state index is -0.228. The highest BCUT2D eigenvalue weighted by Gasteiger charge is 2.20. The Labute approximate surface area is 145 Å². The molecule has 0 N–H and O–H groups in total. The molecular weight excluding hydrogens is 319 g/mol. The molecule has 0 bridgehead atoms. The van der Waals surface area contributed by atoms with Gasteiger partial charge in [-0.25, -0.2) is 4.39 Å². The van der Waals surface area contributed by atoms with Crippen LogP contribution in [0.4, 0.5) is 4.39 Å². The monoisotopic (exact) mass is 332 g/mol. The fourth-order valence-corrected chi connectivity index (χ4v) is 3.25. The van der Waals surface area contributed by atoms with Gasteiger partial charge in [0.2, 0.25) is 0 Å². The number of hydrogen-bond acceptors (Lipinski definition) is 0. The van der Waals surface area contributed by atoms with E-state index in [1.165, 1.54) is 6.07 Å². The van der Waals surface area contributed by atoms with Crippen molar-refractivity contribution in [2.75, 3.05) is 0 Å². The van der Waals surface area contributed by atoms with Crippen LogP contribution >= 0.6 is 11.6 Å². The lowest BCUT2D eigenvalue weighted by molar-refractivity contribution is 0.627. The summed E-state index contributed by atoms with van der Waals surface area (Å²) in [5.41, 5.74) is 6.19. The zero-order valence-corrected chi connectivity index (χ0v) is 13.6. The molecule has 0 saturated carbocycles. The summed E-state index contributed by atoms with van der Waals surface area (Å²) in [6.45, 7) is 0. The van der Waals surface area contributed by atoms with Crippen LogP contribution in [0.5, 0.6) is 0 Å². The molecule has 0 saturated heterocycles. The van der Waals surface area contributed by atoms with Gasteiger partial charge in [-0.1, -0.05) is 60.1 Å². The molecule has 0 aliphatic heterocycles. The molecule has 0 heterocycles. The van der Waals surface area contributed by atoms with Gasteiger partial charge in [-0.2, -0.15) is 0 Å². The first-order valence-electron chi connectivity index (χ1n) is 7.75. The van der Waals surface area contributed by atoms with Crippen LogP contribution in [0.15, 0.2) is 78.9 Å². The van der Waals surface area contributed by atoms with E-state index in [4.69, 9.17) is 11.6 Å². The first-order chi connectivity index (χ1) is 11.7. The number of halogens is 2. The van der Waals surface area contributed by atoms with Crippen molar-refractivity contribution >= 4 is 28.8 Å². The van der Waals surface area contributed by atoms with Gasteiger partial charge in [0.25, 0.3) is 0 Å². The standard InChI is InChI=1S/C22H14ClF/c23-18-8-4-5-15(12-18)11-17-13-21(16-6-2-1-3-7-16)20-10-9-19(24)14-22(17)20/h1-14H/b17-11+. The molecule has 0 amide bonds. The second-order valence-electron chi connectivity index (χ2n) is 5.77. The molecule has 0 aromatic heterocycles. The third-order valence-electron chi connectivity index (χ3n) is 4.14. The van der Waals surface area contributed by atoms with Crippen LogP contribution in [0, 0.1) is 5.82 Å². The van der Waals surface area contributed by atoms with Gasteiger partial charge in [0.1, 0.15) is 5.82 Å². The molecule has 0 unspecified atom stereocenters. The average Bonchev–Trinajstić information content (AvgIpc) is 2.93. The second-order valence-corrected chi connectivity index (χ2v) is 6.21. The fraction of sp³-hybridized carbons (Fsp3) is 0. The van der Waals surface area contributed by atoms with E-state index in [1.54, 1.807) is 6.07 Å². The highest BCUT2D eigenvalue weighted by molar-refractivity contribution is 6.30. The third kappa shape index (κ3) is 2.79. The Hall–Kier alpha value is -2.64. The summed E-state index contributed by atoms with van der Waals surface area (Å²) >= 11 is 6.08. The summed E-state index contributed by atoms with van der Waals surface area (Å²) in [6, 6.07) is 22.8. The second kappa shape index (κ2) is 6.10. The molecule has 1 aliphatic carbocycles. The van der Waals surface area contributed by atoms with E-state index >= 15 is 0 Å². The minimum Gasteiger partial charge on any atom is -0.207 e. The third-order valence-corrected chi connectivity index (χ3v) is 4.37. The van der Waals surface area contributed by atoms with Gasteiger partial charge in [-0.05, 0) is 69.8 Å². The Morgan fingerprint density at radius 2 is 1.62 bits per heavy atom. The van der Waals surface area contributed by atoms with Gasteiger partial charge in [0, 0.05) is 5.02 Å². The molecule has 0 radical (unpaired) electrons. The van der Waals surface area contributed by atoms with Crippen LogP contribution in [-0.4, -0.2) is 0 Å². The van der Waals surface area contributed by atoms with Gasteiger partial charge in [-0.15, -0.1) is 0 Å². The van der Waals surface area contributed by atoms with Crippen molar-refractivity contribution in [3.05, 3.63) is 112 Å². The summed E-state index contributed by atoms with van der Waals surface area (Å²) in [4.78, 5) is 0. The molecule has 24 heavy (non-hydrogen) atoms. The molecular formula is C22H14ClF. The van der Waals surface area contributed by atoms with E-state index < -0.39 is 0 Å². The van der Waals surface area contributed by atoms with E-state index in [-0.39, 0.29) is 5.82 Å². The Morgan fingerprint density at radius 1 is 0.792 bits per heavy atom. The van der Waals surface area contributed by atoms with Crippen LogP contribution in [0.25, 0.3) is 17.2 Å². The lowest BCUT2D eigenvalue weighted by atomic mass is 9.98. The maximum absolute atomic E-state index is 13.8. The summed E-state index contributed by atoms with van der Waals surface area (Å²) in [5.74, 6) is -0.228. The number of allylic oxidation sites excluding steroid dienone is 2. The Morgan fingerprint density at radius 3 is 2.42 bits per heavy atom. The maximum Gasteiger partial charge on any atom is 0.123 e. The first kappa shape index (κ1) is 14.9. The molecule has 3 aromatic carbocycles. The first-order valence-corrected chi connectivity index (χ1v) is 8.13. The normalized spacial score (nSPS) is 14.6. The van der Waals surface area contributed by atoms with E-state index in [0.29, 0.717) is 5.02 Å². The lowest BCUT2D eigenvalue weighted by Crippen LogP contribution is -1.88.